The van der Waals surface area contributed by atoms with Crippen LogP contribution in [-0.4, -0.2) is 31.5 Å². The number of aryl methyl sites for hydroxylation is 1. The van der Waals surface area contributed by atoms with E-state index in [9.17, 15) is 8.42 Å². The molecule has 0 aliphatic heterocycles. The van der Waals surface area contributed by atoms with Crippen LogP contribution in [0.5, 0.6) is 0 Å². The molecule has 168 valence electrons. The molecule has 0 unspecified atom stereocenters. The first-order chi connectivity index (χ1) is 13.5. The SMILES string of the molecule is CCC[CH2][Sn]([CH2]CCC)([CH2]CCC)[C@@H](NS(=O)(=O)C(C)(C)C)c1ccc(C)cc1. The van der Waals surface area contributed by atoms with Gasteiger partial charge in [-0.1, -0.05) is 0 Å². The van der Waals surface area contributed by atoms with Crippen molar-refractivity contribution in [3.05, 3.63) is 35.4 Å². The first-order valence-corrected chi connectivity index (χ1v) is 20.8. The van der Waals surface area contributed by atoms with E-state index < -0.39 is 33.1 Å². The molecule has 0 aliphatic carbocycles. The van der Waals surface area contributed by atoms with Gasteiger partial charge in [0.25, 0.3) is 0 Å². The van der Waals surface area contributed by atoms with Crippen LogP contribution in [-0.2, 0) is 10.0 Å². The molecule has 1 rings (SSSR count). The summed E-state index contributed by atoms with van der Waals surface area (Å²) in [5.41, 5.74) is 2.42. The fourth-order valence-corrected chi connectivity index (χ4v) is 24.8. The van der Waals surface area contributed by atoms with Gasteiger partial charge in [-0.05, 0) is 0 Å². The van der Waals surface area contributed by atoms with E-state index >= 15 is 0 Å². The van der Waals surface area contributed by atoms with Crippen LogP contribution in [0.3, 0.4) is 0 Å². The van der Waals surface area contributed by atoms with Gasteiger partial charge in [-0.3, -0.25) is 0 Å². The van der Waals surface area contributed by atoms with Gasteiger partial charge in [0.1, 0.15) is 0 Å². The fourth-order valence-electron chi connectivity index (χ4n) is 4.03. The van der Waals surface area contributed by atoms with Gasteiger partial charge in [0.05, 0.1) is 0 Å². The second kappa shape index (κ2) is 12.1. The standard InChI is InChI=1S/C12H18NO2S.3C4H9.Sn/c1-10-5-7-11(8-6-10)9-13-16(14,15)12(2,3)4;3*1-3-4-2;/h5-9,13H,1-4H3;3*1,3-4H2,2H3;. The van der Waals surface area contributed by atoms with Gasteiger partial charge in [-0.2, -0.15) is 0 Å². The molecule has 1 N–H and O–H groups in total. The van der Waals surface area contributed by atoms with Crippen LogP contribution in [0.4, 0.5) is 0 Å². The maximum atomic E-state index is 13.3. The zero-order valence-electron chi connectivity index (χ0n) is 20.0. The molecule has 1 aromatic carbocycles. The Kier molecular flexibility index (Phi) is 11.2. The Morgan fingerprint density at radius 1 is 0.862 bits per heavy atom. The quantitative estimate of drug-likeness (QED) is 0.276. The van der Waals surface area contributed by atoms with Crippen molar-refractivity contribution in [1.82, 2.24) is 4.72 Å². The van der Waals surface area contributed by atoms with Crippen LogP contribution in [0.1, 0.15) is 95.3 Å². The molecule has 0 aromatic heterocycles. The Hall–Kier alpha value is -0.0713. The molecular formula is C24H45NO2SSn. The Balaban J connectivity index is 3.55. The van der Waals surface area contributed by atoms with E-state index in [-0.39, 0.29) is 4.06 Å². The summed E-state index contributed by atoms with van der Waals surface area (Å²) in [4.78, 5) is 0. The summed E-state index contributed by atoms with van der Waals surface area (Å²) in [5, 5.41) is 0. The number of rotatable bonds is 13. The van der Waals surface area contributed by atoms with Gasteiger partial charge < -0.3 is 0 Å². The van der Waals surface area contributed by atoms with Crippen LogP contribution >= 0.6 is 0 Å². The second-order valence-electron chi connectivity index (χ2n) is 9.75. The van der Waals surface area contributed by atoms with Gasteiger partial charge in [0.2, 0.25) is 0 Å². The average Bonchev–Trinajstić information content (AvgIpc) is 2.66. The zero-order valence-corrected chi connectivity index (χ0v) is 23.6. The summed E-state index contributed by atoms with van der Waals surface area (Å²) in [6.45, 7) is 14.3. The van der Waals surface area contributed by atoms with E-state index in [1.807, 2.05) is 20.8 Å². The molecule has 0 saturated heterocycles. The van der Waals surface area contributed by atoms with Crippen LogP contribution in [0, 0.1) is 6.92 Å². The van der Waals surface area contributed by atoms with Crippen molar-refractivity contribution in [2.24, 2.45) is 0 Å². The van der Waals surface area contributed by atoms with Crippen molar-refractivity contribution in [1.29, 1.82) is 0 Å². The van der Waals surface area contributed by atoms with E-state index in [1.165, 1.54) is 63.0 Å². The zero-order chi connectivity index (χ0) is 22.1. The van der Waals surface area contributed by atoms with Crippen molar-refractivity contribution in [2.45, 2.75) is 109 Å². The van der Waals surface area contributed by atoms with Gasteiger partial charge in [0, 0.05) is 0 Å². The summed E-state index contributed by atoms with van der Waals surface area (Å²) in [5.74, 6) is 0. The van der Waals surface area contributed by atoms with Crippen molar-refractivity contribution < 1.29 is 8.42 Å². The summed E-state index contributed by atoms with van der Waals surface area (Å²) >= 11 is -2.89. The normalized spacial score (nSPS) is 14.2. The number of sulfonamides is 1. The van der Waals surface area contributed by atoms with Crippen molar-refractivity contribution in [3.63, 3.8) is 0 Å². The predicted molar refractivity (Wildman–Crippen MR) is 131 cm³/mol. The minimum absolute atomic E-state index is 0.0266. The molecule has 0 heterocycles. The summed E-state index contributed by atoms with van der Waals surface area (Å²) in [6, 6.07) is 8.65. The second-order valence-corrected chi connectivity index (χ2v) is 25.9. The van der Waals surface area contributed by atoms with Crippen molar-refractivity contribution in [2.75, 3.05) is 0 Å². The third-order valence-electron chi connectivity index (χ3n) is 6.19. The minimum atomic E-state index is -3.41. The number of hydrogen-bond donors (Lipinski definition) is 1. The summed E-state index contributed by atoms with van der Waals surface area (Å²) < 4.78 is 32.9. The summed E-state index contributed by atoms with van der Waals surface area (Å²) in [7, 11) is -3.41. The molecule has 5 heteroatoms. The average molecular weight is 530 g/mol. The molecule has 3 nitrogen and oxygen atoms in total. The molecule has 0 fully saturated rings. The maximum absolute atomic E-state index is 13.3. The first kappa shape index (κ1) is 27.0. The molecule has 0 saturated carbocycles. The molecule has 1 aromatic rings. The van der Waals surface area contributed by atoms with Gasteiger partial charge >= 0.3 is 186 Å². The fraction of sp³-hybridized carbons (Fsp3) is 0.750. The molecule has 0 amide bonds. The van der Waals surface area contributed by atoms with Gasteiger partial charge in [0.15, 0.2) is 0 Å². The topological polar surface area (TPSA) is 46.2 Å². The third-order valence-corrected chi connectivity index (χ3v) is 25.4. The number of unbranched alkanes of at least 4 members (excludes halogenated alkanes) is 3. The Morgan fingerprint density at radius 3 is 1.62 bits per heavy atom. The molecular weight excluding hydrogens is 485 g/mol. The number of hydrogen-bond acceptors (Lipinski definition) is 2. The van der Waals surface area contributed by atoms with E-state index in [0.29, 0.717) is 0 Å². The first-order valence-electron chi connectivity index (χ1n) is 11.6. The molecule has 0 aliphatic rings. The predicted octanol–water partition coefficient (Wildman–Crippen LogP) is 7.14. The molecule has 29 heavy (non-hydrogen) atoms. The number of benzene rings is 1. The van der Waals surface area contributed by atoms with Gasteiger partial charge in [-0.15, -0.1) is 0 Å². The van der Waals surface area contributed by atoms with Crippen LogP contribution < -0.4 is 4.72 Å². The van der Waals surface area contributed by atoms with Crippen LogP contribution in [0.15, 0.2) is 24.3 Å². The molecule has 0 bridgehead atoms. The van der Waals surface area contributed by atoms with Crippen molar-refractivity contribution in [3.8, 4) is 0 Å². The van der Waals surface area contributed by atoms with Gasteiger partial charge in [-0.25, -0.2) is 0 Å². The third kappa shape index (κ3) is 7.84. The van der Waals surface area contributed by atoms with E-state index in [4.69, 9.17) is 0 Å². The van der Waals surface area contributed by atoms with Crippen molar-refractivity contribution >= 4 is 28.4 Å². The molecule has 0 radical (unpaired) electrons. The van der Waals surface area contributed by atoms with E-state index in [1.54, 1.807) is 0 Å². The van der Waals surface area contributed by atoms with Crippen LogP contribution in [0.25, 0.3) is 0 Å². The van der Waals surface area contributed by atoms with E-state index in [2.05, 4.69) is 56.7 Å². The monoisotopic (exact) mass is 531 g/mol. The van der Waals surface area contributed by atoms with E-state index in [0.717, 1.165) is 0 Å². The van der Waals surface area contributed by atoms with Crippen LogP contribution in [0.2, 0.25) is 13.3 Å². The number of nitrogens with one attached hydrogen (secondary N) is 1. The summed E-state index contributed by atoms with van der Waals surface area (Å²) in [6.07, 6.45) is 7.23. The molecule has 0 spiro atoms. The molecule has 1 atom stereocenters. The Morgan fingerprint density at radius 2 is 1.28 bits per heavy atom. The Labute approximate surface area is 185 Å². The Bertz CT molecular complexity index is 671.